The molecule has 2 aromatic heterocycles. The summed E-state index contributed by atoms with van der Waals surface area (Å²) >= 11 is 1.74. The van der Waals surface area contributed by atoms with E-state index in [1.807, 2.05) is 6.07 Å². The lowest BCUT2D eigenvalue weighted by Crippen LogP contribution is -2.42. The van der Waals surface area contributed by atoms with Crippen molar-refractivity contribution in [2.45, 2.75) is 38.6 Å². The van der Waals surface area contributed by atoms with Crippen molar-refractivity contribution in [3.8, 4) is 0 Å². The third-order valence-electron chi connectivity index (χ3n) is 4.90. The van der Waals surface area contributed by atoms with Crippen molar-refractivity contribution in [1.29, 1.82) is 0 Å². The average molecular weight is 502 g/mol. The Morgan fingerprint density at radius 1 is 1.30 bits per heavy atom. The topological polar surface area (TPSA) is 52.8 Å². The summed E-state index contributed by atoms with van der Waals surface area (Å²) in [4.78, 5) is 7.30. The van der Waals surface area contributed by atoms with Crippen LogP contribution in [0.25, 0.3) is 0 Å². The number of nitrogens with one attached hydrogen (secondary N) is 2. The molecule has 2 unspecified atom stereocenters. The number of hydrogen-bond donors (Lipinski definition) is 2. The van der Waals surface area contributed by atoms with E-state index in [1.54, 1.807) is 17.6 Å². The average Bonchev–Trinajstić information content (AvgIpc) is 3.43. The van der Waals surface area contributed by atoms with Crippen LogP contribution < -0.4 is 10.6 Å². The number of nitrogens with zero attached hydrogens (tertiary/aromatic N) is 2. The Balaban J connectivity index is 0.00000261. The molecule has 3 rings (SSSR count). The number of hydrogen-bond acceptors (Lipinski definition) is 4. The van der Waals surface area contributed by atoms with Gasteiger partial charge >= 0.3 is 0 Å². The fraction of sp³-hybridized carbons (Fsp3) is 0.550. The lowest BCUT2D eigenvalue weighted by molar-refractivity contribution is 0.215. The molecule has 27 heavy (non-hydrogen) atoms. The Kier molecular flexibility index (Phi) is 9.64. The molecule has 0 amide bonds. The first kappa shape index (κ1) is 22.2. The molecular weight excluding hydrogens is 471 g/mol. The molecule has 0 aromatic carbocycles. The van der Waals surface area contributed by atoms with Crippen LogP contribution in [0.1, 0.15) is 50.0 Å². The molecule has 0 bridgehead atoms. The fourth-order valence-electron chi connectivity index (χ4n) is 3.37. The van der Waals surface area contributed by atoms with E-state index in [1.165, 1.54) is 18.4 Å². The lowest BCUT2D eigenvalue weighted by Gasteiger charge is -2.26. The molecule has 0 radical (unpaired) electrons. The summed E-state index contributed by atoms with van der Waals surface area (Å²) < 4.78 is 5.71. The monoisotopic (exact) mass is 502 g/mol. The highest BCUT2D eigenvalue weighted by molar-refractivity contribution is 14.0. The second-order valence-corrected chi connectivity index (χ2v) is 7.61. The van der Waals surface area contributed by atoms with Crippen LogP contribution in [0, 0.1) is 0 Å². The molecule has 5 nitrogen and oxygen atoms in total. The van der Waals surface area contributed by atoms with Crippen molar-refractivity contribution in [3.05, 3.63) is 46.5 Å². The van der Waals surface area contributed by atoms with Gasteiger partial charge in [-0.05, 0) is 67.4 Å². The number of guanidine groups is 1. The zero-order chi connectivity index (χ0) is 18.2. The molecule has 0 spiro atoms. The van der Waals surface area contributed by atoms with Gasteiger partial charge in [0.25, 0.3) is 0 Å². The van der Waals surface area contributed by atoms with Crippen molar-refractivity contribution in [2.75, 3.05) is 32.7 Å². The highest BCUT2D eigenvalue weighted by atomic mass is 127. The molecule has 0 saturated carbocycles. The van der Waals surface area contributed by atoms with Gasteiger partial charge in [-0.25, -0.2) is 0 Å². The van der Waals surface area contributed by atoms with Crippen LogP contribution in [-0.4, -0.2) is 43.6 Å². The number of likely N-dealkylation sites (tertiary alicyclic amines) is 1. The summed E-state index contributed by atoms with van der Waals surface area (Å²) in [6.45, 7) is 9.03. The standard InChI is InChI=1S/C20H30N4OS.HI/c1-3-21-20(22-13-16(2)17-8-12-26-15-17)23-14-18(19-7-6-11-25-19)24-9-4-5-10-24;/h6-8,11-12,15-16,18H,3-5,9-10,13-14H2,1-2H3,(H2,21,22,23);1H. The molecule has 7 heteroatoms. The number of rotatable bonds is 8. The van der Waals surface area contributed by atoms with Gasteiger partial charge in [-0.2, -0.15) is 11.3 Å². The van der Waals surface area contributed by atoms with E-state index in [0.717, 1.165) is 44.4 Å². The van der Waals surface area contributed by atoms with Crippen molar-refractivity contribution in [3.63, 3.8) is 0 Å². The Bertz CT molecular complexity index is 654. The molecule has 2 atom stereocenters. The molecule has 3 heterocycles. The Labute approximate surface area is 183 Å². The summed E-state index contributed by atoms with van der Waals surface area (Å²) in [6.07, 6.45) is 4.30. The van der Waals surface area contributed by atoms with E-state index < -0.39 is 0 Å². The zero-order valence-corrected chi connectivity index (χ0v) is 19.3. The predicted molar refractivity (Wildman–Crippen MR) is 124 cm³/mol. The van der Waals surface area contributed by atoms with Crippen molar-refractivity contribution in [2.24, 2.45) is 4.99 Å². The zero-order valence-electron chi connectivity index (χ0n) is 16.2. The molecule has 0 aliphatic carbocycles. The van der Waals surface area contributed by atoms with E-state index in [9.17, 15) is 0 Å². The van der Waals surface area contributed by atoms with Crippen LogP contribution in [0.2, 0.25) is 0 Å². The summed E-state index contributed by atoms with van der Waals surface area (Å²) in [5, 5.41) is 11.2. The number of aliphatic imine (C=N–C) groups is 1. The van der Waals surface area contributed by atoms with E-state index >= 15 is 0 Å². The summed E-state index contributed by atoms with van der Waals surface area (Å²) in [7, 11) is 0. The van der Waals surface area contributed by atoms with E-state index in [4.69, 9.17) is 9.41 Å². The minimum atomic E-state index is 0. The smallest absolute Gasteiger partial charge is 0.191 e. The van der Waals surface area contributed by atoms with E-state index in [0.29, 0.717) is 5.92 Å². The second kappa shape index (κ2) is 11.7. The van der Waals surface area contributed by atoms with Crippen molar-refractivity contribution in [1.82, 2.24) is 15.5 Å². The van der Waals surface area contributed by atoms with Crippen LogP contribution in [0.3, 0.4) is 0 Å². The SMILES string of the molecule is CCNC(=NCC(C)c1ccsc1)NCC(c1ccco1)N1CCCC1.I. The Hall–Kier alpha value is -1.06. The Morgan fingerprint density at radius 3 is 2.74 bits per heavy atom. The number of thiophene rings is 1. The Morgan fingerprint density at radius 2 is 2.11 bits per heavy atom. The molecular formula is C20H31IN4OS. The predicted octanol–water partition coefficient (Wildman–Crippen LogP) is 4.45. The van der Waals surface area contributed by atoms with Crippen LogP contribution in [0.4, 0.5) is 0 Å². The molecule has 2 aromatic rings. The van der Waals surface area contributed by atoms with Crippen LogP contribution >= 0.6 is 35.3 Å². The van der Waals surface area contributed by atoms with Crippen LogP contribution in [0.15, 0.2) is 44.6 Å². The van der Waals surface area contributed by atoms with Gasteiger partial charge in [0, 0.05) is 25.6 Å². The first-order chi connectivity index (χ1) is 12.8. The number of halogens is 1. The second-order valence-electron chi connectivity index (χ2n) is 6.83. The maximum Gasteiger partial charge on any atom is 0.191 e. The molecule has 2 N–H and O–H groups in total. The maximum atomic E-state index is 5.71. The van der Waals surface area contributed by atoms with Gasteiger partial charge in [0.15, 0.2) is 5.96 Å². The summed E-state index contributed by atoms with van der Waals surface area (Å²) in [6, 6.07) is 6.49. The van der Waals surface area contributed by atoms with Gasteiger partial charge in [-0.15, -0.1) is 24.0 Å². The minimum Gasteiger partial charge on any atom is -0.468 e. The third kappa shape index (κ3) is 6.50. The molecule has 1 aliphatic rings. The minimum absolute atomic E-state index is 0. The molecule has 1 aliphatic heterocycles. The molecule has 1 saturated heterocycles. The van der Waals surface area contributed by atoms with Gasteiger partial charge in [0.05, 0.1) is 12.3 Å². The fourth-order valence-corrected chi connectivity index (χ4v) is 4.15. The quantitative estimate of drug-likeness (QED) is 0.318. The van der Waals surface area contributed by atoms with Gasteiger partial charge in [-0.3, -0.25) is 9.89 Å². The van der Waals surface area contributed by atoms with Crippen molar-refractivity contribution < 1.29 is 4.42 Å². The summed E-state index contributed by atoms with van der Waals surface area (Å²) in [5.41, 5.74) is 1.36. The molecule has 150 valence electrons. The van der Waals surface area contributed by atoms with Gasteiger partial charge in [-0.1, -0.05) is 6.92 Å². The van der Waals surface area contributed by atoms with Gasteiger partial charge < -0.3 is 15.1 Å². The highest BCUT2D eigenvalue weighted by Gasteiger charge is 2.25. The molecule has 1 fully saturated rings. The third-order valence-corrected chi connectivity index (χ3v) is 5.60. The van der Waals surface area contributed by atoms with Gasteiger partial charge in [0.2, 0.25) is 0 Å². The summed E-state index contributed by atoms with van der Waals surface area (Å²) in [5.74, 6) is 2.34. The first-order valence-electron chi connectivity index (χ1n) is 9.59. The largest absolute Gasteiger partial charge is 0.468 e. The lowest BCUT2D eigenvalue weighted by atomic mass is 10.1. The first-order valence-corrected chi connectivity index (χ1v) is 10.5. The van der Waals surface area contributed by atoms with E-state index in [-0.39, 0.29) is 30.0 Å². The maximum absolute atomic E-state index is 5.71. The number of furan rings is 1. The normalized spacial score (nSPS) is 17.3. The van der Waals surface area contributed by atoms with E-state index in [2.05, 4.69) is 52.3 Å². The highest BCUT2D eigenvalue weighted by Crippen LogP contribution is 2.25. The van der Waals surface area contributed by atoms with Crippen molar-refractivity contribution >= 4 is 41.3 Å². The van der Waals surface area contributed by atoms with Gasteiger partial charge in [0.1, 0.15) is 5.76 Å². The van der Waals surface area contributed by atoms with Crippen LogP contribution in [-0.2, 0) is 0 Å². The van der Waals surface area contributed by atoms with Crippen LogP contribution in [0.5, 0.6) is 0 Å².